The molecule has 0 bridgehead atoms. The molecular weight excluding hydrogens is 212 g/mol. The van der Waals surface area contributed by atoms with Gasteiger partial charge in [0.2, 0.25) is 0 Å². The second-order valence-corrected chi connectivity index (χ2v) is 4.04. The maximum Gasteiger partial charge on any atom is 0.123 e. The van der Waals surface area contributed by atoms with Crippen molar-refractivity contribution >= 4 is 11.6 Å². The first-order valence-corrected chi connectivity index (χ1v) is 5.19. The lowest BCUT2D eigenvalue weighted by atomic mass is 10.1. The summed E-state index contributed by atoms with van der Waals surface area (Å²) < 4.78 is 5.33. The predicted molar refractivity (Wildman–Crippen MR) is 62.3 cm³/mol. The van der Waals surface area contributed by atoms with Crippen molar-refractivity contribution in [3.63, 3.8) is 0 Å². The van der Waals surface area contributed by atoms with E-state index >= 15 is 0 Å². The SMILES string of the molecule is C=C(Cl)COc1ccc(CC(C)O)cc1. The molecule has 1 aromatic rings. The molecule has 1 N–H and O–H groups in total. The number of benzene rings is 1. The molecule has 0 aliphatic rings. The molecule has 0 aliphatic carbocycles. The fraction of sp³-hybridized carbons (Fsp3) is 0.333. The Bertz CT molecular complexity index is 317. The van der Waals surface area contributed by atoms with E-state index in [2.05, 4.69) is 6.58 Å². The normalized spacial score (nSPS) is 12.2. The Morgan fingerprint density at radius 1 is 1.47 bits per heavy atom. The van der Waals surface area contributed by atoms with Crippen LogP contribution in [-0.2, 0) is 6.42 Å². The number of hydrogen-bond donors (Lipinski definition) is 1. The van der Waals surface area contributed by atoms with Crippen LogP contribution < -0.4 is 4.74 Å². The predicted octanol–water partition coefficient (Wildman–Crippen LogP) is 2.74. The van der Waals surface area contributed by atoms with Gasteiger partial charge in [0.1, 0.15) is 12.4 Å². The summed E-state index contributed by atoms with van der Waals surface area (Å²) in [4.78, 5) is 0. The molecule has 0 aliphatic heterocycles. The largest absolute Gasteiger partial charge is 0.488 e. The smallest absolute Gasteiger partial charge is 0.123 e. The fourth-order valence-electron chi connectivity index (χ4n) is 1.22. The molecule has 82 valence electrons. The molecule has 0 spiro atoms. The summed E-state index contributed by atoms with van der Waals surface area (Å²) in [5.74, 6) is 0.756. The molecule has 2 nitrogen and oxygen atoms in total. The molecule has 0 saturated heterocycles. The van der Waals surface area contributed by atoms with Crippen molar-refractivity contribution in [1.82, 2.24) is 0 Å². The Balaban J connectivity index is 2.52. The van der Waals surface area contributed by atoms with Crippen molar-refractivity contribution in [1.29, 1.82) is 0 Å². The summed E-state index contributed by atoms with van der Waals surface area (Å²) in [5.41, 5.74) is 1.09. The summed E-state index contributed by atoms with van der Waals surface area (Å²) in [5, 5.41) is 9.67. The number of aliphatic hydroxyl groups is 1. The van der Waals surface area contributed by atoms with Crippen LogP contribution in [0.1, 0.15) is 12.5 Å². The van der Waals surface area contributed by atoms with Crippen LogP contribution in [0.2, 0.25) is 0 Å². The van der Waals surface area contributed by atoms with Gasteiger partial charge in [-0.3, -0.25) is 0 Å². The fourth-order valence-corrected chi connectivity index (χ4v) is 1.28. The highest BCUT2D eigenvalue weighted by atomic mass is 35.5. The van der Waals surface area contributed by atoms with Crippen LogP contribution in [0.15, 0.2) is 35.9 Å². The van der Waals surface area contributed by atoms with Crippen LogP contribution in [0, 0.1) is 0 Å². The lowest BCUT2D eigenvalue weighted by Gasteiger charge is -2.07. The maximum absolute atomic E-state index is 9.19. The van der Waals surface area contributed by atoms with Gasteiger partial charge < -0.3 is 9.84 Å². The molecule has 0 fully saturated rings. The molecular formula is C12H15ClO2. The van der Waals surface area contributed by atoms with Gasteiger partial charge >= 0.3 is 0 Å². The number of rotatable bonds is 5. The molecule has 0 aromatic heterocycles. The van der Waals surface area contributed by atoms with E-state index in [4.69, 9.17) is 16.3 Å². The van der Waals surface area contributed by atoms with Crippen molar-refractivity contribution < 1.29 is 9.84 Å². The van der Waals surface area contributed by atoms with Crippen LogP contribution in [0.25, 0.3) is 0 Å². The molecule has 1 unspecified atom stereocenters. The van der Waals surface area contributed by atoms with Gasteiger partial charge in [-0.15, -0.1) is 0 Å². The Morgan fingerprint density at radius 2 is 2.07 bits per heavy atom. The van der Waals surface area contributed by atoms with Gasteiger partial charge in [-0.25, -0.2) is 0 Å². The monoisotopic (exact) mass is 226 g/mol. The van der Waals surface area contributed by atoms with Gasteiger partial charge in [0.15, 0.2) is 0 Å². The molecule has 3 heteroatoms. The minimum atomic E-state index is -0.320. The summed E-state index contributed by atoms with van der Waals surface area (Å²) in [7, 11) is 0. The average Bonchev–Trinajstić information content (AvgIpc) is 2.16. The van der Waals surface area contributed by atoms with Gasteiger partial charge in [0.25, 0.3) is 0 Å². The second-order valence-electron chi connectivity index (χ2n) is 3.50. The van der Waals surface area contributed by atoms with Gasteiger partial charge in [-0.05, 0) is 31.0 Å². The van der Waals surface area contributed by atoms with E-state index < -0.39 is 0 Å². The quantitative estimate of drug-likeness (QED) is 0.837. The molecule has 1 atom stereocenters. The summed E-state index contributed by atoms with van der Waals surface area (Å²) in [6.07, 6.45) is 0.335. The summed E-state index contributed by atoms with van der Waals surface area (Å²) >= 11 is 5.58. The van der Waals surface area contributed by atoms with E-state index in [1.807, 2.05) is 24.3 Å². The highest BCUT2D eigenvalue weighted by molar-refractivity contribution is 6.29. The van der Waals surface area contributed by atoms with E-state index in [9.17, 15) is 5.11 Å². The molecule has 1 aromatic carbocycles. The van der Waals surface area contributed by atoms with Crippen LogP contribution in [0.5, 0.6) is 5.75 Å². The number of hydrogen-bond acceptors (Lipinski definition) is 2. The topological polar surface area (TPSA) is 29.5 Å². The Hall–Kier alpha value is -0.990. The first-order valence-electron chi connectivity index (χ1n) is 4.81. The molecule has 0 saturated carbocycles. The standard InChI is InChI=1S/C12H15ClO2/c1-9(13)8-15-12-5-3-11(4-6-12)7-10(2)14/h3-6,10,14H,1,7-8H2,2H3. The van der Waals surface area contributed by atoms with Gasteiger partial charge in [0, 0.05) is 5.03 Å². The van der Waals surface area contributed by atoms with Gasteiger partial charge in [0.05, 0.1) is 6.10 Å². The van der Waals surface area contributed by atoms with Crippen molar-refractivity contribution in [2.75, 3.05) is 6.61 Å². The zero-order chi connectivity index (χ0) is 11.3. The third kappa shape index (κ3) is 4.86. The minimum Gasteiger partial charge on any atom is -0.488 e. The number of halogens is 1. The van der Waals surface area contributed by atoms with E-state index in [0.29, 0.717) is 18.1 Å². The maximum atomic E-state index is 9.19. The zero-order valence-electron chi connectivity index (χ0n) is 8.74. The van der Waals surface area contributed by atoms with Crippen molar-refractivity contribution in [2.45, 2.75) is 19.4 Å². The summed E-state index contributed by atoms with van der Waals surface area (Å²) in [6.45, 7) is 5.62. The Labute approximate surface area is 95.1 Å². The highest BCUT2D eigenvalue weighted by Crippen LogP contribution is 2.14. The molecule has 0 amide bonds. The third-order valence-corrected chi connectivity index (χ3v) is 1.96. The number of aliphatic hydroxyl groups excluding tert-OH is 1. The van der Waals surface area contributed by atoms with Crippen LogP contribution in [0.4, 0.5) is 0 Å². The van der Waals surface area contributed by atoms with Gasteiger partial charge in [-0.1, -0.05) is 30.3 Å². The van der Waals surface area contributed by atoms with Crippen LogP contribution >= 0.6 is 11.6 Å². The lowest BCUT2D eigenvalue weighted by Crippen LogP contribution is -2.04. The first kappa shape index (κ1) is 12.1. The van der Waals surface area contributed by atoms with E-state index in [1.165, 1.54) is 0 Å². The Kier molecular flexibility index (Phi) is 4.66. The summed E-state index contributed by atoms with van der Waals surface area (Å²) in [6, 6.07) is 7.58. The van der Waals surface area contributed by atoms with Crippen molar-refractivity contribution in [3.05, 3.63) is 41.4 Å². The third-order valence-electron chi connectivity index (χ3n) is 1.85. The van der Waals surface area contributed by atoms with Gasteiger partial charge in [-0.2, -0.15) is 0 Å². The Morgan fingerprint density at radius 3 is 2.53 bits per heavy atom. The van der Waals surface area contributed by atoms with E-state index in [0.717, 1.165) is 11.3 Å². The van der Waals surface area contributed by atoms with Crippen LogP contribution in [0.3, 0.4) is 0 Å². The number of ether oxygens (including phenoxy) is 1. The second kappa shape index (κ2) is 5.79. The molecule has 15 heavy (non-hydrogen) atoms. The van der Waals surface area contributed by atoms with Crippen molar-refractivity contribution in [3.8, 4) is 5.75 Å². The van der Waals surface area contributed by atoms with Crippen molar-refractivity contribution in [2.24, 2.45) is 0 Å². The zero-order valence-corrected chi connectivity index (χ0v) is 9.50. The molecule has 0 heterocycles. The molecule has 1 rings (SSSR count). The minimum absolute atomic E-state index is 0.317. The highest BCUT2D eigenvalue weighted by Gasteiger charge is 1.99. The molecule has 0 radical (unpaired) electrons. The lowest BCUT2D eigenvalue weighted by molar-refractivity contribution is 0.195. The average molecular weight is 227 g/mol. The van der Waals surface area contributed by atoms with E-state index in [-0.39, 0.29) is 6.10 Å². The van der Waals surface area contributed by atoms with E-state index in [1.54, 1.807) is 6.92 Å². The first-order chi connectivity index (χ1) is 7.08. The van der Waals surface area contributed by atoms with Crippen LogP contribution in [-0.4, -0.2) is 17.8 Å².